The minimum absolute atomic E-state index is 0.211. The second-order valence-electron chi connectivity index (χ2n) is 6.91. The largest absolute Gasteiger partial charge is 0.480 e. The quantitative estimate of drug-likeness (QED) is 0.157. The van der Waals surface area contributed by atoms with Crippen molar-refractivity contribution < 1.29 is 34.5 Å². The van der Waals surface area contributed by atoms with Gasteiger partial charge >= 0.3 is 5.97 Å². The van der Waals surface area contributed by atoms with Gasteiger partial charge in [0.2, 0.25) is 17.7 Å². The van der Waals surface area contributed by atoms with E-state index in [0.717, 1.165) is 0 Å². The van der Waals surface area contributed by atoms with Crippen LogP contribution >= 0.6 is 0 Å². The molecular formula is C17H31N5O7. The van der Waals surface area contributed by atoms with Crippen molar-refractivity contribution in [3.8, 4) is 0 Å². The number of aliphatic hydroxyl groups is 2. The van der Waals surface area contributed by atoms with E-state index in [9.17, 15) is 24.3 Å². The van der Waals surface area contributed by atoms with Crippen molar-refractivity contribution in [1.82, 2.24) is 15.5 Å². The van der Waals surface area contributed by atoms with Gasteiger partial charge in [-0.1, -0.05) is 6.42 Å². The van der Waals surface area contributed by atoms with Gasteiger partial charge in [0.25, 0.3) is 0 Å². The Morgan fingerprint density at radius 2 is 1.72 bits per heavy atom. The first-order valence-corrected chi connectivity index (χ1v) is 9.58. The summed E-state index contributed by atoms with van der Waals surface area (Å²) in [6.07, 6.45) is 2.51. The van der Waals surface area contributed by atoms with E-state index in [2.05, 4.69) is 10.6 Å². The minimum Gasteiger partial charge on any atom is -0.480 e. The molecule has 0 aromatic carbocycles. The Bertz CT molecular complexity index is 589. The smallest absolute Gasteiger partial charge is 0.328 e. The van der Waals surface area contributed by atoms with Crippen molar-refractivity contribution in [3.63, 3.8) is 0 Å². The fourth-order valence-electron chi connectivity index (χ4n) is 3.06. The van der Waals surface area contributed by atoms with Gasteiger partial charge in [0, 0.05) is 6.54 Å². The number of unbranched alkanes of at least 4 members (excludes halogenated alkanes) is 1. The molecule has 166 valence electrons. The third-order valence-corrected chi connectivity index (χ3v) is 4.74. The third-order valence-electron chi connectivity index (χ3n) is 4.74. The molecule has 12 nitrogen and oxygen atoms in total. The van der Waals surface area contributed by atoms with Crippen LogP contribution in [0.4, 0.5) is 0 Å². The zero-order chi connectivity index (χ0) is 22.0. The van der Waals surface area contributed by atoms with Gasteiger partial charge in [-0.05, 0) is 32.2 Å². The van der Waals surface area contributed by atoms with Crippen molar-refractivity contribution in [3.05, 3.63) is 0 Å². The number of carbonyl (C=O) groups excluding carboxylic acids is 3. The lowest BCUT2D eigenvalue weighted by molar-refractivity contribution is -0.146. The van der Waals surface area contributed by atoms with Crippen molar-refractivity contribution in [2.24, 2.45) is 11.5 Å². The first kappa shape index (κ1) is 24.8. The van der Waals surface area contributed by atoms with E-state index in [4.69, 9.17) is 21.7 Å². The molecule has 0 bridgehead atoms. The molecule has 9 N–H and O–H groups in total. The Hall–Kier alpha value is -2.28. The standard InChI is InChI=1S/C17H31N5O7/c18-6-2-1-4-10(19)14(25)20-11(8-23)16(27)22-7-3-5-13(22)15(26)21-12(9-24)17(28)29/h10-13,23-24H,1-9,18-19H2,(H,20,25)(H,21,26)(H,28,29). The lowest BCUT2D eigenvalue weighted by atomic mass is 10.1. The highest BCUT2D eigenvalue weighted by Crippen LogP contribution is 2.19. The number of nitrogens with zero attached hydrogens (tertiary/aromatic N) is 1. The number of aliphatic carboxylic acids is 1. The summed E-state index contributed by atoms with van der Waals surface area (Å²) in [5.41, 5.74) is 11.2. The zero-order valence-corrected chi connectivity index (χ0v) is 16.2. The Labute approximate surface area is 168 Å². The van der Waals surface area contributed by atoms with Gasteiger partial charge in [-0.3, -0.25) is 14.4 Å². The van der Waals surface area contributed by atoms with Crippen LogP contribution in [-0.2, 0) is 19.2 Å². The zero-order valence-electron chi connectivity index (χ0n) is 16.2. The molecule has 0 radical (unpaired) electrons. The third kappa shape index (κ3) is 7.24. The molecule has 3 amide bonds. The summed E-state index contributed by atoms with van der Waals surface area (Å²) < 4.78 is 0. The number of carboxylic acids is 1. The number of hydrogen-bond donors (Lipinski definition) is 7. The van der Waals surface area contributed by atoms with E-state index in [1.54, 1.807) is 0 Å². The van der Waals surface area contributed by atoms with E-state index in [0.29, 0.717) is 38.6 Å². The Balaban J connectivity index is 2.73. The summed E-state index contributed by atoms with van der Waals surface area (Å²) in [5, 5.41) is 32.1. The number of carbonyl (C=O) groups is 4. The van der Waals surface area contributed by atoms with Gasteiger partial charge in [-0.15, -0.1) is 0 Å². The number of aliphatic hydroxyl groups excluding tert-OH is 2. The van der Waals surface area contributed by atoms with E-state index >= 15 is 0 Å². The van der Waals surface area contributed by atoms with Gasteiger partial charge < -0.3 is 42.3 Å². The lowest BCUT2D eigenvalue weighted by Crippen LogP contribution is -2.58. The second kappa shape index (κ2) is 12.3. The van der Waals surface area contributed by atoms with E-state index in [1.165, 1.54) is 4.90 Å². The first-order valence-electron chi connectivity index (χ1n) is 9.58. The van der Waals surface area contributed by atoms with Crippen LogP contribution in [0, 0.1) is 0 Å². The summed E-state index contributed by atoms with van der Waals surface area (Å²) in [6.45, 7) is -0.787. The van der Waals surface area contributed by atoms with E-state index < -0.39 is 61.1 Å². The number of rotatable bonds is 12. The topological polar surface area (TPSA) is 208 Å². The van der Waals surface area contributed by atoms with E-state index in [1.807, 2.05) is 0 Å². The molecule has 0 saturated carbocycles. The van der Waals surface area contributed by atoms with Crippen molar-refractivity contribution in [1.29, 1.82) is 0 Å². The maximum Gasteiger partial charge on any atom is 0.328 e. The molecule has 1 heterocycles. The SMILES string of the molecule is NCCCCC(N)C(=O)NC(CO)C(=O)N1CCCC1C(=O)NC(CO)C(=O)O. The highest BCUT2D eigenvalue weighted by Gasteiger charge is 2.38. The summed E-state index contributed by atoms with van der Waals surface area (Å²) in [7, 11) is 0. The van der Waals surface area contributed by atoms with Crippen LogP contribution in [0.2, 0.25) is 0 Å². The van der Waals surface area contributed by atoms with Crippen LogP contribution in [0.5, 0.6) is 0 Å². The van der Waals surface area contributed by atoms with Crippen LogP contribution < -0.4 is 22.1 Å². The highest BCUT2D eigenvalue weighted by atomic mass is 16.4. The second-order valence-corrected chi connectivity index (χ2v) is 6.91. The molecule has 0 aromatic heterocycles. The number of hydrogen-bond acceptors (Lipinski definition) is 8. The first-order chi connectivity index (χ1) is 13.8. The summed E-state index contributed by atoms with van der Waals surface area (Å²) in [6, 6.07) is -4.58. The number of amides is 3. The molecule has 4 atom stereocenters. The normalized spacial score (nSPS) is 19.3. The molecule has 1 fully saturated rings. The van der Waals surface area contributed by atoms with Crippen molar-refractivity contribution >= 4 is 23.7 Å². The maximum absolute atomic E-state index is 12.7. The lowest BCUT2D eigenvalue weighted by Gasteiger charge is -2.29. The average Bonchev–Trinajstić information content (AvgIpc) is 3.19. The Morgan fingerprint density at radius 1 is 1.07 bits per heavy atom. The van der Waals surface area contributed by atoms with Crippen LogP contribution in [0.1, 0.15) is 32.1 Å². The van der Waals surface area contributed by atoms with Gasteiger partial charge in [-0.2, -0.15) is 0 Å². The number of likely N-dealkylation sites (tertiary alicyclic amines) is 1. The van der Waals surface area contributed by atoms with Gasteiger partial charge in [0.15, 0.2) is 0 Å². The molecule has 4 unspecified atom stereocenters. The molecule has 1 aliphatic rings. The van der Waals surface area contributed by atoms with Gasteiger partial charge in [-0.25, -0.2) is 4.79 Å². The fourth-order valence-corrected chi connectivity index (χ4v) is 3.06. The Morgan fingerprint density at radius 3 is 2.28 bits per heavy atom. The van der Waals surface area contributed by atoms with Crippen molar-refractivity contribution in [2.45, 2.75) is 56.3 Å². The van der Waals surface area contributed by atoms with Crippen LogP contribution in [0.15, 0.2) is 0 Å². The molecule has 0 aliphatic carbocycles. The molecule has 0 aromatic rings. The van der Waals surface area contributed by atoms with Crippen LogP contribution in [0.25, 0.3) is 0 Å². The molecule has 1 rings (SSSR count). The summed E-state index contributed by atoms with van der Waals surface area (Å²) in [4.78, 5) is 49.5. The summed E-state index contributed by atoms with van der Waals surface area (Å²) >= 11 is 0. The molecule has 12 heteroatoms. The number of nitrogens with one attached hydrogen (secondary N) is 2. The number of nitrogens with two attached hydrogens (primary N) is 2. The van der Waals surface area contributed by atoms with Gasteiger partial charge in [0.1, 0.15) is 18.1 Å². The average molecular weight is 417 g/mol. The van der Waals surface area contributed by atoms with Crippen LogP contribution in [-0.4, -0.2) is 94.4 Å². The van der Waals surface area contributed by atoms with Crippen molar-refractivity contribution in [2.75, 3.05) is 26.3 Å². The monoisotopic (exact) mass is 417 g/mol. The molecule has 29 heavy (non-hydrogen) atoms. The fraction of sp³-hybridized carbons (Fsp3) is 0.765. The van der Waals surface area contributed by atoms with Crippen LogP contribution in [0.3, 0.4) is 0 Å². The predicted molar refractivity (Wildman–Crippen MR) is 101 cm³/mol. The highest BCUT2D eigenvalue weighted by molar-refractivity contribution is 5.94. The molecule has 0 spiro atoms. The van der Waals surface area contributed by atoms with E-state index in [-0.39, 0.29) is 6.54 Å². The van der Waals surface area contributed by atoms with Gasteiger partial charge in [0.05, 0.1) is 19.3 Å². The Kier molecular flexibility index (Phi) is 10.5. The predicted octanol–water partition coefficient (Wildman–Crippen LogP) is -3.53. The number of carboxylic acid groups (broad SMARTS) is 1. The molecule has 1 saturated heterocycles. The summed E-state index contributed by atoms with van der Waals surface area (Å²) in [5.74, 6) is -3.39. The molecular weight excluding hydrogens is 386 g/mol. The molecule has 1 aliphatic heterocycles. The maximum atomic E-state index is 12.7. The minimum atomic E-state index is -1.49.